The van der Waals surface area contributed by atoms with E-state index in [9.17, 15) is 15.0 Å². The van der Waals surface area contributed by atoms with E-state index in [1.54, 1.807) is 0 Å². The van der Waals surface area contributed by atoms with Crippen molar-refractivity contribution in [3.63, 3.8) is 0 Å². The molecule has 0 amide bonds. The number of hydrazine groups is 1. The number of rotatable bonds is 15. The van der Waals surface area contributed by atoms with Crippen molar-refractivity contribution in [2.75, 3.05) is 46.2 Å². The number of aliphatic hydroxyl groups excluding tert-OH is 4. The average molecular weight is 363 g/mol. The maximum absolute atomic E-state index is 10.9. The Balaban J connectivity index is 4.57. The van der Waals surface area contributed by atoms with Gasteiger partial charge in [0.1, 0.15) is 5.78 Å². The number of nitrogens with two attached hydrogens (primary N) is 2. The number of allylic oxidation sites excluding steroid dienone is 1. The Labute approximate surface area is 148 Å². The molecule has 0 unspecified atom stereocenters. The normalized spacial score (nSPS) is 12.7. The first-order valence-electron chi connectivity index (χ1n) is 8.30. The van der Waals surface area contributed by atoms with Gasteiger partial charge in [-0.05, 0) is 19.8 Å². The predicted molar refractivity (Wildman–Crippen MR) is 92.8 cm³/mol. The number of hydrogen-bond donors (Lipinski definition) is 6. The van der Waals surface area contributed by atoms with Gasteiger partial charge in [-0.3, -0.25) is 0 Å². The van der Waals surface area contributed by atoms with Crippen molar-refractivity contribution in [3.05, 3.63) is 11.9 Å². The number of nitrogens with zero attached hydrogens (tertiary/aromatic N) is 1. The summed E-state index contributed by atoms with van der Waals surface area (Å²) in [5, 5.41) is 38.6. The molecule has 0 saturated carbocycles. The van der Waals surface area contributed by atoms with Crippen LogP contribution in [0, 0.1) is 11.3 Å². The van der Waals surface area contributed by atoms with E-state index in [0.29, 0.717) is 25.0 Å². The summed E-state index contributed by atoms with van der Waals surface area (Å²) in [4.78, 5) is 10.9. The van der Waals surface area contributed by atoms with E-state index in [1.165, 1.54) is 18.1 Å². The quantitative estimate of drug-likeness (QED) is 0.147. The van der Waals surface area contributed by atoms with Crippen molar-refractivity contribution in [1.82, 2.24) is 5.01 Å². The lowest BCUT2D eigenvalue weighted by molar-refractivity contribution is -0.117. The Morgan fingerprint density at radius 1 is 1.20 bits per heavy atom. The van der Waals surface area contributed by atoms with Crippen LogP contribution in [0.3, 0.4) is 0 Å². The number of ether oxygens (including phenoxy) is 1. The third kappa shape index (κ3) is 10.4. The van der Waals surface area contributed by atoms with Crippen LogP contribution in [0.4, 0.5) is 0 Å². The van der Waals surface area contributed by atoms with E-state index in [4.69, 9.17) is 26.5 Å². The van der Waals surface area contributed by atoms with Gasteiger partial charge in [0.15, 0.2) is 0 Å². The summed E-state index contributed by atoms with van der Waals surface area (Å²) in [6.45, 7) is 0.552. The Morgan fingerprint density at radius 2 is 1.80 bits per heavy atom. The standard InChI is InChI=1S/C16H33N3O6/c1-13(24)3-2-4-15(17)5-19(18)9-16(10-22,11-23)12-25-8-14(6-20)7-21/h5,14,20-23H,2-4,6-12,17-18H2,1H3/b15-5-. The molecule has 0 atom stereocenters. The van der Waals surface area contributed by atoms with Crippen LogP contribution in [-0.4, -0.2) is 77.4 Å². The Morgan fingerprint density at radius 3 is 2.28 bits per heavy atom. The first-order chi connectivity index (χ1) is 11.8. The van der Waals surface area contributed by atoms with Gasteiger partial charge in [0, 0.05) is 30.8 Å². The van der Waals surface area contributed by atoms with E-state index in [1.807, 2.05) is 0 Å². The Bertz CT molecular complexity index is 397. The van der Waals surface area contributed by atoms with Crippen LogP contribution < -0.4 is 11.6 Å². The fraction of sp³-hybridized carbons (Fsp3) is 0.812. The summed E-state index contributed by atoms with van der Waals surface area (Å²) in [7, 11) is 0. The number of hydrogen-bond acceptors (Lipinski definition) is 9. The van der Waals surface area contributed by atoms with E-state index < -0.39 is 11.3 Å². The number of Topliss-reactive ketones (excluding diaryl/α,β-unsaturated/α-hetero) is 1. The molecule has 0 spiro atoms. The van der Waals surface area contributed by atoms with Gasteiger partial charge in [0.2, 0.25) is 0 Å². The molecule has 0 heterocycles. The minimum Gasteiger partial charge on any atom is -0.401 e. The highest BCUT2D eigenvalue weighted by atomic mass is 16.5. The van der Waals surface area contributed by atoms with Gasteiger partial charge in [-0.2, -0.15) is 0 Å². The van der Waals surface area contributed by atoms with Gasteiger partial charge in [0.05, 0.1) is 45.1 Å². The van der Waals surface area contributed by atoms with Crippen molar-refractivity contribution in [2.45, 2.75) is 26.2 Å². The highest BCUT2D eigenvalue weighted by Crippen LogP contribution is 2.18. The third-order valence-corrected chi connectivity index (χ3v) is 3.79. The summed E-state index contributed by atoms with van der Waals surface area (Å²) in [6.07, 6.45) is 3.10. The van der Waals surface area contributed by atoms with Crippen LogP contribution in [0.2, 0.25) is 0 Å². The zero-order valence-electron chi connectivity index (χ0n) is 14.9. The second-order valence-electron chi connectivity index (χ2n) is 6.49. The zero-order chi connectivity index (χ0) is 19.3. The smallest absolute Gasteiger partial charge is 0.129 e. The van der Waals surface area contributed by atoms with E-state index >= 15 is 0 Å². The fourth-order valence-corrected chi connectivity index (χ4v) is 2.14. The summed E-state index contributed by atoms with van der Waals surface area (Å²) in [6, 6.07) is 0. The molecule has 0 aliphatic carbocycles. The lowest BCUT2D eigenvalue weighted by atomic mass is 9.91. The molecule has 0 aliphatic rings. The van der Waals surface area contributed by atoms with E-state index in [0.717, 1.165) is 0 Å². The molecule has 9 nitrogen and oxygen atoms in total. The highest BCUT2D eigenvalue weighted by Gasteiger charge is 2.31. The van der Waals surface area contributed by atoms with Gasteiger partial charge in [-0.1, -0.05) is 0 Å². The van der Waals surface area contributed by atoms with Crippen molar-refractivity contribution in [2.24, 2.45) is 22.9 Å². The summed E-state index contributed by atoms with van der Waals surface area (Å²) in [5.41, 5.74) is 5.34. The van der Waals surface area contributed by atoms with E-state index in [2.05, 4.69) is 0 Å². The fourth-order valence-electron chi connectivity index (χ4n) is 2.14. The SMILES string of the molecule is CC(=O)CCC/C(N)=C/N(N)CC(CO)(CO)COCC(CO)CO. The number of aliphatic hydroxyl groups is 4. The van der Waals surface area contributed by atoms with Crippen molar-refractivity contribution >= 4 is 5.78 Å². The van der Waals surface area contributed by atoms with Crippen molar-refractivity contribution in [1.29, 1.82) is 0 Å². The molecule has 8 N–H and O–H groups in total. The number of ketones is 1. The van der Waals surface area contributed by atoms with Crippen LogP contribution in [0.25, 0.3) is 0 Å². The summed E-state index contributed by atoms with van der Waals surface area (Å²) >= 11 is 0. The average Bonchev–Trinajstić information content (AvgIpc) is 2.57. The van der Waals surface area contributed by atoms with Crippen molar-refractivity contribution < 1.29 is 30.0 Å². The van der Waals surface area contributed by atoms with Crippen LogP contribution >= 0.6 is 0 Å². The number of carbonyl (C=O) groups excluding carboxylic acids is 1. The predicted octanol–water partition coefficient (Wildman–Crippen LogP) is -1.69. The van der Waals surface area contributed by atoms with Crippen LogP contribution in [0.15, 0.2) is 11.9 Å². The molecule has 0 radical (unpaired) electrons. The lowest BCUT2D eigenvalue weighted by Gasteiger charge is -2.33. The minimum atomic E-state index is -1.01. The highest BCUT2D eigenvalue weighted by molar-refractivity contribution is 5.75. The van der Waals surface area contributed by atoms with Gasteiger partial charge >= 0.3 is 0 Å². The van der Waals surface area contributed by atoms with Crippen LogP contribution in [0.5, 0.6) is 0 Å². The molecular formula is C16H33N3O6. The van der Waals surface area contributed by atoms with Gasteiger partial charge in [-0.25, -0.2) is 5.84 Å². The largest absolute Gasteiger partial charge is 0.401 e. The van der Waals surface area contributed by atoms with Crippen LogP contribution in [-0.2, 0) is 9.53 Å². The number of carbonyl (C=O) groups is 1. The van der Waals surface area contributed by atoms with E-state index in [-0.39, 0.29) is 52.0 Å². The van der Waals surface area contributed by atoms with Gasteiger partial charge in [-0.15, -0.1) is 0 Å². The molecular weight excluding hydrogens is 330 g/mol. The van der Waals surface area contributed by atoms with Crippen LogP contribution in [0.1, 0.15) is 26.2 Å². The molecule has 148 valence electrons. The van der Waals surface area contributed by atoms with Crippen molar-refractivity contribution in [3.8, 4) is 0 Å². The molecule has 0 aromatic rings. The Kier molecular flexibility index (Phi) is 12.4. The van der Waals surface area contributed by atoms with Gasteiger partial charge < -0.3 is 40.7 Å². The second-order valence-corrected chi connectivity index (χ2v) is 6.49. The molecule has 0 fully saturated rings. The third-order valence-electron chi connectivity index (χ3n) is 3.79. The topological polar surface area (TPSA) is 162 Å². The molecule has 0 aromatic heterocycles. The molecule has 0 aromatic carbocycles. The summed E-state index contributed by atoms with van der Waals surface area (Å²) in [5.74, 6) is 5.56. The van der Waals surface area contributed by atoms with Gasteiger partial charge in [0.25, 0.3) is 0 Å². The maximum atomic E-state index is 10.9. The first kappa shape index (κ1) is 23.8. The molecule has 0 rings (SSSR count). The maximum Gasteiger partial charge on any atom is 0.129 e. The zero-order valence-corrected chi connectivity index (χ0v) is 14.9. The minimum absolute atomic E-state index is 0.00226. The first-order valence-corrected chi connectivity index (χ1v) is 8.30. The molecule has 0 bridgehead atoms. The molecule has 0 aliphatic heterocycles. The second kappa shape index (κ2) is 13.0. The monoisotopic (exact) mass is 363 g/mol. The lowest BCUT2D eigenvalue weighted by Crippen LogP contribution is -2.47. The molecule has 25 heavy (non-hydrogen) atoms. The summed E-state index contributed by atoms with van der Waals surface area (Å²) < 4.78 is 5.41. The Hall–Kier alpha value is -1.23. The molecule has 0 saturated heterocycles. The molecule has 9 heteroatoms.